The molecule has 1 aromatic heterocycles. The number of oxime groups is 1. The standard InChI is InChI=1S/C13H20N4OS/c1-8-6-9(2)15-13(11(8)12(14)16-18)17-4-5-19-10(3)7-17/h6,10,18H,4-5,7H2,1-3H3,(H2,14,16). The number of hydrogen-bond acceptors (Lipinski definition) is 5. The fourth-order valence-electron chi connectivity index (χ4n) is 2.42. The number of thioether (sulfide) groups is 1. The van der Waals surface area contributed by atoms with Gasteiger partial charge in [-0.25, -0.2) is 4.98 Å². The van der Waals surface area contributed by atoms with Crippen molar-refractivity contribution in [1.82, 2.24) is 4.98 Å². The van der Waals surface area contributed by atoms with E-state index in [0.717, 1.165) is 41.5 Å². The zero-order valence-corrected chi connectivity index (χ0v) is 12.4. The molecule has 0 radical (unpaired) electrons. The summed E-state index contributed by atoms with van der Waals surface area (Å²) in [5.74, 6) is 2.04. The number of aryl methyl sites for hydroxylation is 2. The predicted octanol–water partition coefficient (Wildman–Crippen LogP) is 1.73. The van der Waals surface area contributed by atoms with Crippen LogP contribution < -0.4 is 10.6 Å². The van der Waals surface area contributed by atoms with Crippen LogP contribution in [0.25, 0.3) is 0 Å². The van der Waals surface area contributed by atoms with E-state index in [0.29, 0.717) is 5.25 Å². The molecule has 3 N–H and O–H groups in total. The number of hydrogen-bond donors (Lipinski definition) is 2. The summed E-state index contributed by atoms with van der Waals surface area (Å²) in [5.41, 5.74) is 8.50. The number of pyridine rings is 1. The van der Waals surface area contributed by atoms with E-state index < -0.39 is 0 Å². The Morgan fingerprint density at radius 2 is 2.32 bits per heavy atom. The van der Waals surface area contributed by atoms with Gasteiger partial charge in [-0.1, -0.05) is 12.1 Å². The van der Waals surface area contributed by atoms with Crippen LogP contribution in [0.1, 0.15) is 23.7 Å². The van der Waals surface area contributed by atoms with E-state index in [-0.39, 0.29) is 5.84 Å². The van der Waals surface area contributed by atoms with Crippen molar-refractivity contribution in [3.8, 4) is 0 Å². The lowest BCUT2D eigenvalue weighted by atomic mass is 10.1. The zero-order valence-electron chi connectivity index (χ0n) is 11.6. The Hall–Kier alpha value is -1.43. The molecule has 6 heteroatoms. The Morgan fingerprint density at radius 1 is 1.58 bits per heavy atom. The summed E-state index contributed by atoms with van der Waals surface area (Å²) in [4.78, 5) is 6.84. The number of nitrogens with zero attached hydrogens (tertiary/aromatic N) is 3. The van der Waals surface area contributed by atoms with Crippen molar-refractivity contribution in [2.45, 2.75) is 26.0 Å². The molecule has 1 unspecified atom stereocenters. The first-order valence-electron chi connectivity index (χ1n) is 6.35. The summed E-state index contributed by atoms with van der Waals surface area (Å²) >= 11 is 1.96. The minimum absolute atomic E-state index is 0.130. The second-order valence-electron chi connectivity index (χ2n) is 4.89. The molecule has 5 nitrogen and oxygen atoms in total. The summed E-state index contributed by atoms with van der Waals surface area (Å²) in [5, 5.41) is 12.7. The van der Waals surface area contributed by atoms with Gasteiger partial charge in [-0.2, -0.15) is 11.8 Å². The molecule has 0 aliphatic carbocycles. The summed E-state index contributed by atoms with van der Waals surface area (Å²) < 4.78 is 0. The van der Waals surface area contributed by atoms with Crippen LogP contribution in [0.5, 0.6) is 0 Å². The second-order valence-corrected chi connectivity index (χ2v) is 6.44. The Balaban J connectivity index is 2.48. The molecule has 0 bridgehead atoms. The van der Waals surface area contributed by atoms with Crippen molar-refractivity contribution in [2.75, 3.05) is 23.7 Å². The lowest BCUT2D eigenvalue weighted by Gasteiger charge is -2.33. The molecule has 0 spiro atoms. The van der Waals surface area contributed by atoms with Crippen LogP contribution in [0, 0.1) is 13.8 Å². The predicted molar refractivity (Wildman–Crippen MR) is 80.4 cm³/mol. The molecule has 1 aromatic rings. The lowest BCUT2D eigenvalue weighted by molar-refractivity contribution is 0.318. The molecule has 1 atom stereocenters. The molecule has 0 amide bonds. The third-order valence-corrected chi connectivity index (χ3v) is 4.37. The smallest absolute Gasteiger partial charge is 0.174 e. The van der Waals surface area contributed by atoms with Gasteiger partial charge in [0.15, 0.2) is 5.84 Å². The number of nitrogens with two attached hydrogens (primary N) is 1. The molecule has 104 valence electrons. The van der Waals surface area contributed by atoms with E-state index in [1.807, 2.05) is 31.7 Å². The summed E-state index contributed by atoms with van der Waals surface area (Å²) in [6.07, 6.45) is 0. The van der Waals surface area contributed by atoms with Crippen molar-refractivity contribution in [3.63, 3.8) is 0 Å². The zero-order chi connectivity index (χ0) is 14.0. The van der Waals surface area contributed by atoms with Gasteiger partial charge in [0, 0.05) is 29.8 Å². The molecule has 1 fully saturated rings. The summed E-state index contributed by atoms with van der Waals surface area (Å²) in [6.45, 7) is 8.02. The van der Waals surface area contributed by atoms with Gasteiger partial charge in [-0.05, 0) is 25.5 Å². The lowest BCUT2D eigenvalue weighted by Crippen LogP contribution is -2.39. The van der Waals surface area contributed by atoms with Crippen molar-refractivity contribution >= 4 is 23.4 Å². The molecular weight excluding hydrogens is 260 g/mol. The highest BCUT2D eigenvalue weighted by molar-refractivity contribution is 8.00. The highest BCUT2D eigenvalue weighted by Gasteiger charge is 2.23. The Labute approximate surface area is 117 Å². The monoisotopic (exact) mass is 280 g/mol. The third kappa shape index (κ3) is 2.94. The molecule has 1 aliphatic rings. The molecule has 1 aliphatic heterocycles. The van der Waals surface area contributed by atoms with Crippen LogP contribution in [0.15, 0.2) is 11.2 Å². The normalized spacial score (nSPS) is 20.7. The Bertz CT molecular complexity index is 504. The van der Waals surface area contributed by atoms with Crippen LogP contribution in [-0.2, 0) is 0 Å². The van der Waals surface area contributed by atoms with Crippen molar-refractivity contribution in [1.29, 1.82) is 0 Å². The topological polar surface area (TPSA) is 74.7 Å². The van der Waals surface area contributed by atoms with Crippen LogP contribution >= 0.6 is 11.8 Å². The second kappa shape index (κ2) is 5.69. The van der Waals surface area contributed by atoms with E-state index in [1.54, 1.807) is 0 Å². The van der Waals surface area contributed by atoms with E-state index in [2.05, 4.69) is 22.0 Å². The van der Waals surface area contributed by atoms with Gasteiger partial charge in [0.2, 0.25) is 0 Å². The molecule has 2 rings (SSSR count). The van der Waals surface area contributed by atoms with Gasteiger partial charge in [0.25, 0.3) is 0 Å². The Kier molecular flexibility index (Phi) is 4.19. The molecule has 19 heavy (non-hydrogen) atoms. The van der Waals surface area contributed by atoms with Gasteiger partial charge in [-0.3, -0.25) is 0 Å². The van der Waals surface area contributed by atoms with Crippen molar-refractivity contribution in [3.05, 3.63) is 22.9 Å². The van der Waals surface area contributed by atoms with E-state index in [9.17, 15) is 0 Å². The SMILES string of the molecule is Cc1cc(C)c(/C(N)=N/O)c(N2CCSC(C)C2)n1. The van der Waals surface area contributed by atoms with Gasteiger partial charge in [0.05, 0.1) is 5.56 Å². The average Bonchev–Trinajstić information content (AvgIpc) is 2.37. The minimum Gasteiger partial charge on any atom is -0.409 e. The molecule has 2 heterocycles. The van der Waals surface area contributed by atoms with Crippen molar-refractivity contribution in [2.24, 2.45) is 10.9 Å². The van der Waals surface area contributed by atoms with Gasteiger partial charge in [-0.15, -0.1) is 0 Å². The number of amidine groups is 1. The van der Waals surface area contributed by atoms with E-state index in [4.69, 9.17) is 10.9 Å². The minimum atomic E-state index is 0.130. The average molecular weight is 280 g/mol. The largest absolute Gasteiger partial charge is 0.409 e. The highest BCUT2D eigenvalue weighted by atomic mass is 32.2. The maximum absolute atomic E-state index is 8.97. The quantitative estimate of drug-likeness (QED) is 0.373. The first kappa shape index (κ1) is 14.0. The number of aromatic nitrogens is 1. The van der Waals surface area contributed by atoms with Crippen LogP contribution in [-0.4, -0.2) is 40.1 Å². The van der Waals surface area contributed by atoms with Crippen LogP contribution in [0.2, 0.25) is 0 Å². The van der Waals surface area contributed by atoms with E-state index >= 15 is 0 Å². The fourth-order valence-corrected chi connectivity index (χ4v) is 3.44. The summed E-state index contributed by atoms with van der Waals surface area (Å²) in [7, 11) is 0. The van der Waals surface area contributed by atoms with Gasteiger partial charge < -0.3 is 15.8 Å². The maximum atomic E-state index is 8.97. The van der Waals surface area contributed by atoms with Gasteiger partial charge in [0.1, 0.15) is 5.82 Å². The molecule has 0 saturated carbocycles. The first-order chi connectivity index (χ1) is 9.02. The highest BCUT2D eigenvalue weighted by Crippen LogP contribution is 2.27. The van der Waals surface area contributed by atoms with Crippen LogP contribution in [0.4, 0.5) is 5.82 Å². The molecule has 1 saturated heterocycles. The third-order valence-electron chi connectivity index (χ3n) is 3.23. The van der Waals surface area contributed by atoms with Gasteiger partial charge >= 0.3 is 0 Å². The molecular formula is C13H20N4OS. The Morgan fingerprint density at radius 3 is 2.95 bits per heavy atom. The maximum Gasteiger partial charge on any atom is 0.174 e. The first-order valence-corrected chi connectivity index (χ1v) is 7.40. The van der Waals surface area contributed by atoms with Crippen molar-refractivity contribution < 1.29 is 5.21 Å². The molecule has 0 aromatic carbocycles. The number of anilines is 1. The number of rotatable bonds is 2. The van der Waals surface area contributed by atoms with Crippen LogP contribution in [0.3, 0.4) is 0 Å². The van der Waals surface area contributed by atoms with E-state index in [1.165, 1.54) is 0 Å². The summed E-state index contributed by atoms with van der Waals surface area (Å²) in [6, 6.07) is 1.96. The fraction of sp³-hybridized carbons (Fsp3) is 0.538.